The lowest BCUT2D eigenvalue weighted by Crippen LogP contribution is -2.35. The smallest absolute Gasteiger partial charge is 0.0887 e. The fraction of sp³-hybridized carbons (Fsp3) is 0.688. The molecule has 19 heavy (non-hydrogen) atoms. The summed E-state index contributed by atoms with van der Waals surface area (Å²) in [7, 11) is 0. The first kappa shape index (κ1) is 16.1. The number of rotatable bonds is 7. The predicted octanol–water partition coefficient (Wildman–Crippen LogP) is 3.53. The molecule has 1 aromatic rings. The number of nitrogens with zero attached hydrogens (tertiary/aromatic N) is 1. The van der Waals surface area contributed by atoms with Crippen LogP contribution in [-0.4, -0.2) is 17.1 Å². The van der Waals surface area contributed by atoms with Crippen LogP contribution in [-0.2, 0) is 17.9 Å². The van der Waals surface area contributed by atoms with E-state index < -0.39 is 0 Å². The number of nitrogens with one attached hydrogen (secondary N) is 1. The third-order valence-corrected chi connectivity index (χ3v) is 2.80. The van der Waals surface area contributed by atoms with Crippen LogP contribution in [0.25, 0.3) is 0 Å². The summed E-state index contributed by atoms with van der Waals surface area (Å²) >= 11 is 0. The highest BCUT2D eigenvalue weighted by atomic mass is 16.5. The molecular weight excluding hydrogens is 236 g/mol. The van der Waals surface area contributed by atoms with Gasteiger partial charge in [0.25, 0.3) is 0 Å². The molecule has 0 unspecified atom stereocenters. The van der Waals surface area contributed by atoms with Crippen molar-refractivity contribution in [2.24, 2.45) is 5.92 Å². The number of ether oxygens (including phenoxy) is 1. The minimum atomic E-state index is 0.138. The zero-order valence-electron chi connectivity index (χ0n) is 13.0. The molecule has 1 aromatic heterocycles. The molecule has 0 spiro atoms. The summed E-state index contributed by atoms with van der Waals surface area (Å²) in [6.45, 7) is 13.2. The van der Waals surface area contributed by atoms with E-state index >= 15 is 0 Å². The van der Waals surface area contributed by atoms with Gasteiger partial charge in [0.15, 0.2) is 0 Å². The van der Waals surface area contributed by atoms with Crippen molar-refractivity contribution >= 4 is 0 Å². The highest BCUT2D eigenvalue weighted by Gasteiger charge is 2.08. The lowest BCUT2D eigenvalue weighted by Gasteiger charge is -2.20. The van der Waals surface area contributed by atoms with Gasteiger partial charge in [-0.05, 0) is 44.7 Å². The predicted molar refractivity (Wildman–Crippen MR) is 79.9 cm³/mol. The zero-order chi connectivity index (χ0) is 14.3. The quantitative estimate of drug-likeness (QED) is 0.765. The Morgan fingerprint density at radius 3 is 2.53 bits per heavy atom. The van der Waals surface area contributed by atoms with Gasteiger partial charge >= 0.3 is 0 Å². The van der Waals surface area contributed by atoms with E-state index in [1.807, 2.05) is 6.20 Å². The Kier molecular flexibility index (Phi) is 6.46. The molecule has 0 bridgehead atoms. The highest BCUT2D eigenvalue weighted by Crippen LogP contribution is 2.06. The average molecular weight is 264 g/mol. The first-order valence-corrected chi connectivity index (χ1v) is 7.13. The molecule has 0 atom stereocenters. The first-order chi connectivity index (χ1) is 8.87. The van der Waals surface area contributed by atoms with Crippen molar-refractivity contribution in [3.63, 3.8) is 0 Å². The minimum absolute atomic E-state index is 0.138. The van der Waals surface area contributed by atoms with E-state index in [-0.39, 0.29) is 5.54 Å². The largest absolute Gasteiger partial charge is 0.375 e. The molecule has 0 saturated carbocycles. The molecule has 0 saturated heterocycles. The van der Waals surface area contributed by atoms with Crippen molar-refractivity contribution in [1.82, 2.24) is 10.3 Å². The maximum Gasteiger partial charge on any atom is 0.0887 e. The van der Waals surface area contributed by atoms with Crippen LogP contribution in [0.15, 0.2) is 18.3 Å². The van der Waals surface area contributed by atoms with Gasteiger partial charge < -0.3 is 10.1 Å². The van der Waals surface area contributed by atoms with Crippen LogP contribution < -0.4 is 5.32 Å². The Morgan fingerprint density at radius 2 is 2.00 bits per heavy atom. The van der Waals surface area contributed by atoms with E-state index in [0.29, 0.717) is 12.5 Å². The van der Waals surface area contributed by atoms with E-state index in [1.165, 1.54) is 5.56 Å². The normalized spacial score (nSPS) is 12.1. The van der Waals surface area contributed by atoms with Gasteiger partial charge in [-0.25, -0.2) is 0 Å². The van der Waals surface area contributed by atoms with E-state index in [4.69, 9.17) is 4.74 Å². The molecule has 0 radical (unpaired) electrons. The van der Waals surface area contributed by atoms with Crippen LogP contribution in [0, 0.1) is 5.92 Å². The van der Waals surface area contributed by atoms with Gasteiger partial charge in [0, 0.05) is 24.9 Å². The zero-order valence-corrected chi connectivity index (χ0v) is 13.0. The third-order valence-electron chi connectivity index (χ3n) is 2.80. The molecule has 3 heteroatoms. The van der Waals surface area contributed by atoms with E-state index in [0.717, 1.165) is 25.3 Å². The molecule has 1 heterocycles. The molecule has 3 nitrogen and oxygen atoms in total. The summed E-state index contributed by atoms with van der Waals surface area (Å²) in [6.07, 6.45) is 3.04. The summed E-state index contributed by atoms with van der Waals surface area (Å²) in [6, 6.07) is 4.17. The number of aromatic nitrogens is 1. The highest BCUT2D eigenvalue weighted by molar-refractivity contribution is 5.13. The first-order valence-electron chi connectivity index (χ1n) is 7.13. The second-order valence-corrected chi connectivity index (χ2v) is 6.50. The van der Waals surface area contributed by atoms with Gasteiger partial charge in [0.1, 0.15) is 0 Å². The van der Waals surface area contributed by atoms with Gasteiger partial charge in [-0.1, -0.05) is 19.9 Å². The van der Waals surface area contributed by atoms with Crippen LogP contribution in [0.2, 0.25) is 0 Å². The Hall–Kier alpha value is -0.930. The fourth-order valence-electron chi connectivity index (χ4n) is 1.51. The minimum Gasteiger partial charge on any atom is -0.375 e. The molecule has 1 N–H and O–H groups in total. The van der Waals surface area contributed by atoms with E-state index in [1.54, 1.807) is 0 Å². The maximum absolute atomic E-state index is 5.61. The second-order valence-electron chi connectivity index (χ2n) is 6.50. The summed E-state index contributed by atoms with van der Waals surface area (Å²) in [5.74, 6) is 0.693. The van der Waals surface area contributed by atoms with Crippen molar-refractivity contribution in [2.45, 2.75) is 59.7 Å². The lowest BCUT2D eigenvalue weighted by molar-refractivity contribution is 0.108. The van der Waals surface area contributed by atoms with Crippen molar-refractivity contribution in [3.8, 4) is 0 Å². The van der Waals surface area contributed by atoms with E-state index in [9.17, 15) is 0 Å². The van der Waals surface area contributed by atoms with Crippen molar-refractivity contribution in [2.75, 3.05) is 6.61 Å². The molecule has 0 amide bonds. The number of pyridine rings is 1. The van der Waals surface area contributed by atoms with Gasteiger partial charge in [-0.15, -0.1) is 0 Å². The second kappa shape index (κ2) is 7.61. The lowest BCUT2D eigenvalue weighted by atomic mass is 10.1. The topological polar surface area (TPSA) is 34.1 Å². The monoisotopic (exact) mass is 264 g/mol. The fourth-order valence-corrected chi connectivity index (χ4v) is 1.51. The van der Waals surface area contributed by atoms with Gasteiger partial charge in [-0.3, -0.25) is 4.98 Å². The Labute approximate surface area is 117 Å². The summed E-state index contributed by atoms with van der Waals surface area (Å²) in [4.78, 5) is 4.43. The molecule has 108 valence electrons. The summed E-state index contributed by atoms with van der Waals surface area (Å²) < 4.78 is 5.61. The van der Waals surface area contributed by atoms with Crippen LogP contribution in [0.4, 0.5) is 0 Å². The van der Waals surface area contributed by atoms with Crippen molar-refractivity contribution in [1.29, 1.82) is 0 Å². The molecule has 0 aliphatic carbocycles. The number of hydrogen-bond acceptors (Lipinski definition) is 3. The van der Waals surface area contributed by atoms with Crippen LogP contribution in [0.5, 0.6) is 0 Å². The Morgan fingerprint density at radius 1 is 1.26 bits per heavy atom. The van der Waals surface area contributed by atoms with Crippen LogP contribution in [0.3, 0.4) is 0 Å². The van der Waals surface area contributed by atoms with Gasteiger partial charge in [0.2, 0.25) is 0 Å². The maximum atomic E-state index is 5.61. The molecule has 0 aliphatic rings. The average Bonchev–Trinajstić information content (AvgIpc) is 2.32. The molecule has 1 rings (SSSR count). The number of hydrogen-bond donors (Lipinski definition) is 1. The SMILES string of the molecule is CC(C)CCOCc1ccc(CNC(C)(C)C)cn1. The van der Waals surface area contributed by atoms with Crippen molar-refractivity contribution in [3.05, 3.63) is 29.6 Å². The van der Waals surface area contributed by atoms with Crippen molar-refractivity contribution < 1.29 is 4.74 Å². The van der Waals surface area contributed by atoms with E-state index in [2.05, 4.69) is 57.1 Å². The Bertz CT molecular complexity index is 352. The molecule has 0 aliphatic heterocycles. The standard InChI is InChI=1S/C16H28N2O/c1-13(2)8-9-19-12-15-7-6-14(10-17-15)11-18-16(3,4)5/h6-7,10,13,18H,8-9,11-12H2,1-5H3. The van der Waals surface area contributed by atoms with Crippen LogP contribution in [0.1, 0.15) is 52.3 Å². The third kappa shape index (κ3) is 7.96. The van der Waals surface area contributed by atoms with Gasteiger partial charge in [-0.2, -0.15) is 0 Å². The van der Waals surface area contributed by atoms with Crippen LogP contribution >= 0.6 is 0 Å². The molecule has 0 fully saturated rings. The summed E-state index contributed by atoms with van der Waals surface area (Å²) in [5.41, 5.74) is 2.35. The summed E-state index contributed by atoms with van der Waals surface area (Å²) in [5, 5.41) is 3.45. The van der Waals surface area contributed by atoms with Gasteiger partial charge in [0.05, 0.1) is 12.3 Å². The molecular formula is C16H28N2O. The molecule has 0 aromatic carbocycles. The Balaban J connectivity index is 2.31.